The second kappa shape index (κ2) is 3.85. The van der Waals surface area contributed by atoms with E-state index in [1.54, 1.807) is 0 Å². The smallest absolute Gasteiger partial charge is 0.304 e. The molecule has 7 heteroatoms. The van der Waals surface area contributed by atoms with Gasteiger partial charge in [0.05, 0.1) is 28.5 Å². The molecule has 1 aliphatic rings. The molecule has 1 atom stereocenters. The summed E-state index contributed by atoms with van der Waals surface area (Å²) in [4.78, 5) is 32.4. The maximum atomic E-state index is 11.5. The zero-order valence-corrected chi connectivity index (χ0v) is 8.54. The summed E-state index contributed by atoms with van der Waals surface area (Å²) in [5.74, 6) is -2.68. The Balaban J connectivity index is 2.52. The maximum Gasteiger partial charge on any atom is 0.304 e. The van der Waals surface area contributed by atoms with E-state index in [9.17, 15) is 19.7 Å². The normalized spacial score (nSPS) is 17.4. The van der Waals surface area contributed by atoms with Gasteiger partial charge in [-0.05, 0) is 6.07 Å². The Morgan fingerprint density at radius 2 is 2.24 bits per heavy atom. The Labute approximate surface area is 95.2 Å². The number of carbonyl (C=O) groups is 2. The van der Waals surface area contributed by atoms with E-state index in [-0.39, 0.29) is 11.3 Å². The molecule has 2 N–H and O–H groups in total. The number of hydrogen-bond acceptors (Lipinski definition) is 4. The van der Waals surface area contributed by atoms with Crippen LogP contribution in [0.25, 0.3) is 0 Å². The van der Waals surface area contributed by atoms with E-state index in [0.717, 1.165) is 0 Å². The third kappa shape index (κ3) is 1.82. The molecule has 0 radical (unpaired) electrons. The highest BCUT2D eigenvalue weighted by Crippen LogP contribution is 2.40. The second-order valence-corrected chi connectivity index (χ2v) is 3.64. The lowest BCUT2D eigenvalue weighted by atomic mass is 9.96. The number of nitrogens with zero attached hydrogens (tertiary/aromatic N) is 1. The molecule has 17 heavy (non-hydrogen) atoms. The van der Waals surface area contributed by atoms with Crippen molar-refractivity contribution in [2.24, 2.45) is 0 Å². The summed E-state index contributed by atoms with van der Waals surface area (Å²) in [7, 11) is 0. The molecule has 1 aliphatic heterocycles. The minimum atomic E-state index is -1.17. The van der Waals surface area contributed by atoms with Crippen LogP contribution in [0.1, 0.15) is 17.9 Å². The van der Waals surface area contributed by atoms with E-state index in [2.05, 4.69) is 5.32 Å². The average Bonchev–Trinajstić information content (AvgIpc) is 2.54. The minimum Gasteiger partial charge on any atom is -0.481 e. The highest BCUT2D eigenvalue weighted by atomic mass is 16.6. The summed E-state index contributed by atoms with van der Waals surface area (Å²) < 4.78 is 0. The van der Waals surface area contributed by atoms with Crippen LogP contribution < -0.4 is 5.32 Å². The standard InChI is InChI=1S/C10H8N2O5/c13-8(14)4-5-9-6(11-10(5)15)2-1-3-7(9)12(16)17/h1-3,5H,4H2,(H,11,15)(H,13,14). The molecule has 1 aromatic rings. The lowest BCUT2D eigenvalue weighted by Crippen LogP contribution is -2.16. The van der Waals surface area contributed by atoms with Crippen LogP contribution in [-0.4, -0.2) is 21.9 Å². The number of nitro benzene ring substituents is 1. The molecule has 2 rings (SSSR count). The Morgan fingerprint density at radius 3 is 2.82 bits per heavy atom. The van der Waals surface area contributed by atoms with Crippen molar-refractivity contribution in [1.82, 2.24) is 0 Å². The molecule has 0 aromatic heterocycles. The molecule has 0 aliphatic carbocycles. The largest absolute Gasteiger partial charge is 0.481 e. The van der Waals surface area contributed by atoms with Crippen molar-refractivity contribution < 1.29 is 19.6 Å². The molecule has 0 fully saturated rings. The van der Waals surface area contributed by atoms with Crippen LogP contribution in [0.3, 0.4) is 0 Å². The zero-order valence-electron chi connectivity index (χ0n) is 8.54. The Bertz CT molecular complexity index is 525. The Hall–Kier alpha value is -2.44. The number of amides is 1. The Morgan fingerprint density at radius 1 is 1.53 bits per heavy atom. The molecular formula is C10H8N2O5. The number of nitro groups is 1. The Kier molecular flexibility index (Phi) is 2.51. The zero-order chi connectivity index (χ0) is 12.6. The van der Waals surface area contributed by atoms with Crippen molar-refractivity contribution in [2.75, 3.05) is 5.32 Å². The van der Waals surface area contributed by atoms with Crippen molar-refractivity contribution in [2.45, 2.75) is 12.3 Å². The molecule has 7 nitrogen and oxygen atoms in total. The van der Waals surface area contributed by atoms with Gasteiger partial charge in [-0.1, -0.05) is 6.07 Å². The van der Waals surface area contributed by atoms with Gasteiger partial charge in [0.15, 0.2) is 0 Å². The van der Waals surface area contributed by atoms with Crippen molar-refractivity contribution >= 4 is 23.3 Å². The molecule has 0 spiro atoms. The van der Waals surface area contributed by atoms with Crippen molar-refractivity contribution in [3.63, 3.8) is 0 Å². The van der Waals surface area contributed by atoms with Crippen LogP contribution >= 0.6 is 0 Å². The topological polar surface area (TPSA) is 110 Å². The van der Waals surface area contributed by atoms with Crippen LogP contribution in [-0.2, 0) is 9.59 Å². The van der Waals surface area contributed by atoms with Crippen LogP contribution in [0.5, 0.6) is 0 Å². The predicted molar refractivity (Wildman–Crippen MR) is 56.7 cm³/mol. The number of rotatable bonds is 3. The number of benzene rings is 1. The fourth-order valence-electron chi connectivity index (χ4n) is 1.91. The summed E-state index contributed by atoms with van der Waals surface area (Å²) in [6, 6.07) is 4.22. The number of fused-ring (bicyclic) bond motifs is 1. The fraction of sp³-hybridized carbons (Fsp3) is 0.200. The van der Waals surface area contributed by atoms with Gasteiger partial charge in [0.2, 0.25) is 5.91 Å². The average molecular weight is 236 g/mol. The molecular weight excluding hydrogens is 228 g/mol. The van der Waals surface area contributed by atoms with E-state index in [1.165, 1.54) is 18.2 Å². The van der Waals surface area contributed by atoms with Gasteiger partial charge in [-0.3, -0.25) is 19.7 Å². The first-order valence-electron chi connectivity index (χ1n) is 4.80. The van der Waals surface area contributed by atoms with E-state index >= 15 is 0 Å². The summed E-state index contributed by atoms with van der Waals surface area (Å²) >= 11 is 0. The van der Waals surface area contributed by atoms with E-state index in [4.69, 9.17) is 5.11 Å². The maximum absolute atomic E-state index is 11.5. The molecule has 1 amide bonds. The summed E-state index contributed by atoms with van der Waals surface area (Å²) in [6.45, 7) is 0. The van der Waals surface area contributed by atoms with Crippen LogP contribution in [0.2, 0.25) is 0 Å². The van der Waals surface area contributed by atoms with Crippen LogP contribution in [0, 0.1) is 10.1 Å². The third-order valence-electron chi connectivity index (χ3n) is 2.58. The number of aliphatic carboxylic acids is 1. The van der Waals surface area contributed by atoms with E-state index < -0.39 is 29.1 Å². The molecule has 0 bridgehead atoms. The van der Waals surface area contributed by atoms with Crippen molar-refractivity contribution in [3.05, 3.63) is 33.9 Å². The molecule has 1 aromatic carbocycles. The number of carbonyl (C=O) groups excluding carboxylic acids is 1. The molecule has 0 saturated carbocycles. The van der Waals surface area contributed by atoms with Gasteiger partial charge >= 0.3 is 5.97 Å². The highest BCUT2D eigenvalue weighted by Gasteiger charge is 2.37. The summed E-state index contributed by atoms with van der Waals surface area (Å²) in [5, 5.41) is 22.0. The number of hydrogen-bond donors (Lipinski definition) is 2. The van der Waals surface area contributed by atoms with Gasteiger partial charge < -0.3 is 10.4 Å². The third-order valence-corrected chi connectivity index (χ3v) is 2.58. The first kappa shape index (κ1) is 11.1. The number of carboxylic acid groups (broad SMARTS) is 1. The lowest BCUT2D eigenvalue weighted by Gasteiger charge is -2.05. The van der Waals surface area contributed by atoms with Crippen molar-refractivity contribution in [1.29, 1.82) is 0 Å². The SMILES string of the molecule is O=C(O)CC1C(=O)Nc2cccc([N+](=O)[O-])c21. The van der Waals surface area contributed by atoms with Crippen LogP contribution in [0.15, 0.2) is 18.2 Å². The summed E-state index contributed by atoms with van der Waals surface area (Å²) in [5.41, 5.74) is 0.243. The number of nitrogens with one attached hydrogen (secondary N) is 1. The monoisotopic (exact) mass is 236 g/mol. The summed E-state index contributed by atoms with van der Waals surface area (Å²) in [6.07, 6.45) is -0.455. The van der Waals surface area contributed by atoms with Crippen molar-refractivity contribution in [3.8, 4) is 0 Å². The highest BCUT2D eigenvalue weighted by molar-refractivity contribution is 6.05. The van der Waals surface area contributed by atoms with Gasteiger partial charge in [0, 0.05) is 6.07 Å². The lowest BCUT2D eigenvalue weighted by molar-refractivity contribution is -0.385. The second-order valence-electron chi connectivity index (χ2n) is 3.64. The molecule has 1 unspecified atom stereocenters. The number of carboxylic acids is 1. The molecule has 88 valence electrons. The first-order valence-corrected chi connectivity index (χ1v) is 4.80. The van der Waals surface area contributed by atoms with Gasteiger partial charge in [0.25, 0.3) is 5.69 Å². The van der Waals surface area contributed by atoms with Gasteiger partial charge in [0.1, 0.15) is 0 Å². The molecule has 0 saturated heterocycles. The quantitative estimate of drug-likeness (QED) is 0.603. The van der Waals surface area contributed by atoms with E-state index in [0.29, 0.717) is 5.69 Å². The van der Waals surface area contributed by atoms with Crippen LogP contribution in [0.4, 0.5) is 11.4 Å². The predicted octanol–water partition coefficient (Wildman–Crippen LogP) is 1.11. The fourth-order valence-corrected chi connectivity index (χ4v) is 1.91. The minimum absolute atomic E-state index is 0.157. The first-order chi connectivity index (χ1) is 8.00. The van der Waals surface area contributed by atoms with E-state index in [1.807, 2.05) is 0 Å². The number of anilines is 1. The van der Waals surface area contributed by atoms with Gasteiger partial charge in [-0.25, -0.2) is 0 Å². The molecule has 1 heterocycles. The van der Waals surface area contributed by atoms with Gasteiger partial charge in [-0.2, -0.15) is 0 Å². The van der Waals surface area contributed by atoms with Gasteiger partial charge in [-0.15, -0.1) is 0 Å².